The molecule has 2 aromatic rings. The number of piperidine rings is 1. The van der Waals surface area contributed by atoms with Crippen LogP contribution >= 0.6 is 15.9 Å². The molecule has 126 valence electrons. The number of carbonyl (C=O) groups is 1. The Bertz CT molecular complexity index is 707. The Hall–Kier alpha value is -1.65. The lowest BCUT2D eigenvalue weighted by molar-refractivity contribution is 0.0411. The molecule has 0 spiro atoms. The first-order chi connectivity index (χ1) is 11.5. The summed E-state index contributed by atoms with van der Waals surface area (Å²) in [6.07, 6.45) is 1.90. The summed E-state index contributed by atoms with van der Waals surface area (Å²) in [5.74, 6) is 0.122. The van der Waals surface area contributed by atoms with Gasteiger partial charge in [-0.05, 0) is 50.7 Å². The van der Waals surface area contributed by atoms with Crippen molar-refractivity contribution >= 4 is 21.8 Å². The third-order valence-corrected chi connectivity index (χ3v) is 5.61. The largest absolute Gasteiger partial charge is 0.338 e. The molecule has 0 radical (unpaired) electrons. The molecular formula is C20H23BrN2O. The Kier molecular flexibility index (Phi) is 5.07. The van der Waals surface area contributed by atoms with E-state index in [0.717, 1.165) is 36.0 Å². The molecule has 1 saturated heterocycles. The fourth-order valence-electron chi connectivity index (χ4n) is 3.63. The lowest BCUT2D eigenvalue weighted by atomic mass is 9.79. The van der Waals surface area contributed by atoms with Crippen LogP contribution in [0.4, 0.5) is 0 Å². The molecule has 0 bridgehead atoms. The van der Waals surface area contributed by atoms with Crippen LogP contribution < -0.4 is 0 Å². The molecule has 1 aliphatic heterocycles. The van der Waals surface area contributed by atoms with Crippen molar-refractivity contribution in [1.82, 2.24) is 9.80 Å². The van der Waals surface area contributed by atoms with E-state index in [9.17, 15) is 4.79 Å². The summed E-state index contributed by atoms with van der Waals surface area (Å²) in [5.41, 5.74) is 2.10. The van der Waals surface area contributed by atoms with Crippen molar-refractivity contribution in [3.8, 4) is 0 Å². The monoisotopic (exact) mass is 386 g/mol. The molecular weight excluding hydrogens is 364 g/mol. The van der Waals surface area contributed by atoms with Crippen molar-refractivity contribution < 1.29 is 4.79 Å². The Morgan fingerprint density at radius 1 is 1.04 bits per heavy atom. The summed E-state index contributed by atoms with van der Waals surface area (Å²) in [6.45, 7) is 1.55. The molecule has 0 aromatic heterocycles. The van der Waals surface area contributed by atoms with E-state index >= 15 is 0 Å². The van der Waals surface area contributed by atoms with Crippen LogP contribution in [-0.2, 0) is 5.54 Å². The lowest BCUT2D eigenvalue weighted by Gasteiger charge is -2.46. The molecule has 0 atom stereocenters. The summed E-state index contributed by atoms with van der Waals surface area (Å²) in [6, 6.07) is 18.3. The van der Waals surface area contributed by atoms with E-state index in [2.05, 4.69) is 65.3 Å². The third kappa shape index (κ3) is 3.26. The molecule has 1 amide bonds. The van der Waals surface area contributed by atoms with Crippen molar-refractivity contribution in [2.75, 3.05) is 27.2 Å². The maximum absolute atomic E-state index is 12.8. The van der Waals surface area contributed by atoms with Gasteiger partial charge in [-0.3, -0.25) is 9.69 Å². The number of nitrogens with zero attached hydrogens (tertiary/aromatic N) is 2. The average molecular weight is 387 g/mol. The van der Waals surface area contributed by atoms with E-state index in [1.807, 2.05) is 29.2 Å². The van der Waals surface area contributed by atoms with Gasteiger partial charge in [0.25, 0.3) is 5.91 Å². The van der Waals surface area contributed by atoms with Gasteiger partial charge in [0.2, 0.25) is 0 Å². The van der Waals surface area contributed by atoms with E-state index in [-0.39, 0.29) is 11.4 Å². The number of halogens is 1. The van der Waals surface area contributed by atoms with Crippen LogP contribution in [0.25, 0.3) is 0 Å². The molecule has 1 aliphatic rings. The van der Waals surface area contributed by atoms with Gasteiger partial charge in [-0.15, -0.1) is 0 Å². The van der Waals surface area contributed by atoms with Crippen molar-refractivity contribution in [3.63, 3.8) is 0 Å². The van der Waals surface area contributed by atoms with Gasteiger partial charge in [-0.25, -0.2) is 0 Å². The Labute approximate surface area is 152 Å². The molecule has 4 heteroatoms. The van der Waals surface area contributed by atoms with E-state index in [4.69, 9.17) is 0 Å². The van der Waals surface area contributed by atoms with Crippen LogP contribution in [0, 0.1) is 0 Å². The first-order valence-corrected chi connectivity index (χ1v) is 9.10. The molecule has 1 heterocycles. The van der Waals surface area contributed by atoms with Crippen LogP contribution in [0.1, 0.15) is 28.8 Å². The Morgan fingerprint density at radius 3 is 2.29 bits per heavy atom. The Balaban J connectivity index is 1.78. The molecule has 0 saturated carbocycles. The number of likely N-dealkylation sites (tertiary alicyclic amines) is 1. The molecule has 0 aliphatic carbocycles. The zero-order valence-electron chi connectivity index (χ0n) is 14.2. The van der Waals surface area contributed by atoms with E-state index in [1.165, 1.54) is 5.56 Å². The summed E-state index contributed by atoms with van der Waals surface area (Å²) in [4.78, 5) is 17.0. The highest BCUT2D eigenvalue weighted by Gasteiger charge is 2.39. The van der Waals surface area contributed by atoms with Gasteiger partial charge in [0, 0.05) is 28.7 Å². The quantitative estimate of drug-likeness (QED) is 0.790. The zero-order chi connectivity index (χ0) is 17.2. The minimum Gasteiger partial charge on any atom is -0.338 e. The van der Waals surface area contributed by atoms with Crippen LogP contribution in [0.5, 0.6) is 0 Å². The predicted octanol–water partition coefficient (Wildman–Crippen LogP) is 4.14. The molecule has 1 fully saturated rings. The molecule has 24 heavy (non-hydrogen) atoms. The second-order valence-electron chi connectivity index (χ2n) is 6.59. The molecule has 3 nitrogen and oxygen atoms in total. The number of hydrogen-bond acceptors (Lipinski definition) is 2. The van der Waals surface area contributed by atoms with Crippen molar-refractivity contribution in [3.05, 3.63) is 70.2 Å². The van der Waals surface area contributed by atoms with Gasteiger partial charge in [0.05, 0.1) is 0 Å². The summed E-state index contributed by atoms with van der Waals surface area (Å²) >= 11 is 3.44. The SMILES string of the molecule is CN(C)C1(c2ccccc2)CCN(C(=O)c2cccc(Br)c2)CC1. The standard InChI is InChI=1S/C20H23BrN2O/c1-22(2)20(17-8-4-3-5-9-17)11-13-23(14-12-20)19(24)16-7-6-10-18(21)15-16/h3-10,15H,11-14H2,1-2H3. The van der Waals surface area contributed by atoms with Gasteiger partial charge < -0.3 is 4.90 Å². The first kappa shape index (κ1) is 17.2. The third-order valence-electron chi connectivity index (χ3n) is 5.12. The number of benzene rings is 2. The van der Waals surface area contributed by atoms with Crippen molar-refractivity contribution in [1.29, 1.82) is 0 Å². The van der Waals surface area contributed by atoms with Gasteiger partial charge in [-0.1, -0.05) is 52.3 Å². The number of hydrogen-bond donors (Lipinski definition) is 0. The zero-order valence-corrected chi connectivity index (χ0v) is 15.8. The smallest absolute Gasteiger partial charge is 0.253 e. The summed E-state index contributed by atoms with van der Waals surface area (Å²) in [5, 5.41) is 0. The second-order valence-corrected chi connectivity index (χ2v) is 7.51. The topological polar surface area (TPSA) is 23.6 Å². The Morgan fingerprint density at radius 2 is 1.71 bits per heavy atom. The maximum Gasteiger partial charge on any atom is 0.253 e. The van der Waals surface area contributed by atoms with Crippen molar-refractivity contribution in [2.24, 2.45) is 0 Å². The summed E-state index contributed by atoms with van der Waals surface area (Å²) < 4.78 is 0.942. The van der Waals surface area contributed by atoms with Crippen molar-refractivity contribution in [2.45, 2.75) is 18.4 Å². The maximum atomic E-state index is 12.8. The van der Waals surface area contributed by atoms with Gasteiger partial charge in [-0.2, -0.15) is 0 Å². The van der Waals surface area contributed by atoms with E-state index < -0.39 is 0 Å². The highest BCUT2D eigenvalue weighted by molar-refractivity contribution is 9.10. The van der Waals surface area contributed by atoms with Gasteiger partial charge >= 0.3 is 0 Å². The second kappa shape index (κ2) is 7.08. The lowest BCUT2D eigenvalue weighted by Crippen LogP contribution is -2.51. The fourth-order valence-corrected chi connectivity index (χ4v) is 4.03. The first-order valence-electron chi connectivity index (χ1n) is 8.31. The highest BCUT2D eigenvalue weighted by Crippen LogP contribution is 2.37. The van der Waals surface area contributed by atoms with Crippen LogP contribution in [0.15, 0.2) is 59.1 Å². The molecule has 2 aromatic carbocycles. The summed E-state index contributed by atoms with van der Waals surface area (Å²) in [7, 11) is 4.28. The average Bonchev–Trinajstić information content (AvgIpc) is 2.62. The molecule has 3 rings (SSSR count). The minimum absolute atomic E-state index is 0.00924. The molecule has 0 N–H and O–H groups in total. The van der Waals surface area contributed by atoms with E-state index in [1.54, 1.807) is 0 Å². The van der Waals surface area contributed by atoms with Gasteiger partial charge in [0.1, 0.15) is 0 Å². The number of carbonyl (C=O) groups excluding carboxylic acids is 1. The predicted molar refractivity (Wildman–Crippen MR) is 101 cm³/mol. The number of rotatable bonds is 3. The number of amides is 1. The van der Waals surface area contributed by atoms with E-state index in [0.29, 0.717) is 0 Å². The highest BCUT2D eigenvalue weighted by atomic mass is 79.9. The van der Waals surface area contributed by atoms with Crippen LogP contribution in [0.3, 0.4) is 0 Å². The molecule has 0 unspecified atom stereocenters. The van der Waals surface area contributed by atoms with Crippen LogP contribution in [0.2, 0.25) is 0 Å². The normalized spacial score (nSPS) is 17.1. The fraction of sp³-hybridized carbons (Fsp3) is 0.350. The van der Waals surface area contributed by atoms with Crippen LogP contribution in [-0.4, -0.2) is 42.9 Å². The van der Waals surface area contributed by atoms with Gasteiger partial charge in [0.15, 0.2) is 0 Å². The minimum atomic E-state index is 0.00924.